The Bertz CT molecular complexity index is 733. The molecule has 2 aliphatic rings. The smallest absolute Gasteiger partial charge is 0.256 e. The van der Waals surface area contributed by atoms with Crippen molar-refractivity contribution < 1.29 is 17.6 Å². The van der Waals surface area contributed by atoms with Crippen molar-refractivity contribution in [3.05, 3.63) is 29.6 Å². The van der Waals surface area contributed by atoms with Gasteiger partial charge in [-0.05, 0) is 62.9 Å². The van der Waals surface area contributed by atoms with Crippen LogP contribution in [0.15, 0.2) is 23.1 Å². The maximum atomic E-state index is 14.3. The lowest BCUT2D eigenvalue weighted by Crippen LogP contribution is -2.38. The summed E-state index contributed by atoms with van der Waals surface area (Å²) in [6.45, 7) is 3.30. The number of amides is 1. The number of rotatable bonds is 5. The van der Waals surface area contributed by atoms with E-state index in [1.807, 2.05) is 0 Å². The Morgan fingerprint density at radius 3 is 2.62 bits per heavy atom. The van der Waals surface area contributed by atoms with Gasteiger partial charge in [0.25, 0.3) is 5.91 Å². The number of nitrogens with one attached hydrogen (secondary N) is 2. The summed E-state index contributed by atoms with van der Waals surface area (Å²) in [4.78, 5) is 13.7. The molecule has 26 heavy (non-hydrogen) atoms. The predicted molar refractivity (Wildman–Crippen MR) is 99.6 cm³/mol. The largest absolute Gasteiger partial charge is 0.339 e. The average molecular weight is 406 g/mol. The first kappa shape index (κ1) is 21.1. The van der Waals surface area contributed by atoms with Gasteiger partial charge in [-0.1, -0.05) is 0 Å². The molecule has 0 aliphatic carbocycles. The van der Waals surface area contributed by atoms with Crippen LogP contribution in [-0.2, 0) is 10.0 Å². The summed E-state index contributed by atoms with van der Waals surface area (Å²) in [5.74, 6) is -0.927. The number of nitrogens with zero attached hydrogens (tertiary/aromatic N) is 1. The van der Waals surface area contributed by atoms with Crippen molar-refractivity contribution in [2.45, 2.75) is 30.6 Å². The zero-order chi connectivity index (χ0) is 17.9. The lowest BCUT2D eigenvalue weighted by molar-refractivity contribution is 0.0788. The summed E-state index contributed by atoms with van der Waals surface area (Å²) in [6, 6.07) is 3.51. The number of hydrogen-bond donors (Lipinski definition) is 2. The fourth-order valence-corrected chi connectivity index (χ4v) is 4.46. The highest BCUT2D eigenvalue weighted by atomic mass is 35.5. The fourth-order valence-electron chi connectivity index (χ4n) is 3.34. The van der Waals surface area contributed by atoms with Crippen LogP contribution in [0.1, 0.15) is 36.0 Å². The van der Waals surface area contributed by atoms with E-state index in [9.17, 15) is 17.6 Å². The van der Waals surface area contributed by atoms with Crippen molar-refractivity contribution in [2.24, 2.45) is 5.92 Å². The first-order valence-corrected chi connectivity index (χ1v) is 10.2. The number of piperidine rings is 1. The molecule has 2 aliphatic heterocycles. The van der Waals surface area contributed by atoms with E-state index < -0.39 is 15.8 Å². The Morgan fingerprint density at radius 1 is 1.27 bits per heavy atom. The maximum Gasteiger partial charge on any atom is 0.256 e. The van der Waals surface area contributed by atoms with Gasteiger partial charge < -0.3 is 10.2 Å². The number of sulfonamides is 1. The molecule has 1 aromatic carbocycles. The Balaban J connectivity index is 0.00000243. The Hall–Kier alpha value is -1.22. The summed E-state index contributed by atoms with van der Waals surface area (Å²) >= 11 is 0. The highest BCUT2D eigenvalue weighted by molar-refractivity contribution is 7.89. The molecule has 2 saturated heterocycles. The summed E-state index contributed by atoms with van der Waals surface area (Å²) < 4.78 is 41.6. The number of likely N-dealkylation sites (tertiary alicyclic amines) is 1. The third-order valence-electron chi connectivity index (χ3n) is 4.84. The molecular formula is C17H25ClFN3O3S. The molecule has 146 valence electrons. The van der Waals surface area contributed by atoms with Crippen LogP contribution in [0.3, 0.4) is 0 Å². The van der Waals surface area contributed by atoms with E-state index in [4.69, 9.17) is 0 Å². The summed E-state index contributed by atoms with van der Waals surface area (Å²) in [5.41, 5.74) is -0.0719. The SMILES string of the molecule is Cl.O=C(c1ccc(S(=O)(=O)NCC2CCCNC2)cc1F)N1CCCC1. The lowest BCUT2D eigenvalue weighted by atomic mass is 10.0. The van der Waals surface area contributed by atoms with Crippen LogP contribution in [0.25, 0.3) is 0 Å². The first-order valence-electron chi connectivity index (χ1n) is 8.76. The third kappa shape index (κ3) is 4.94. The zero-order valence-corrected chi connectivity index (χ0v) is 16.2. The number of carbonyl (C=O) groups is 1. The molecular weight excluding hydrogens is 381 g/mol. The van der Waals surface area contributed by atoms with E-state index >= 15 is 0 Å². The Kier molecular flexibility index (Phi) is 7.40. The van der Waals surface area contributed by atoms with E-state index in [1.165, 1.54) is 12.1 Å². The van der Waals surface area contributed by atoms with Crippen LogP contribution >= 0.6 is 12.4 Å². The molecule has 2 fully saturated rings. The van der Waals surface area contributed by atoms with Gasteiger partial charge in [0.15, 0.2) is 0 Å². The second-order valence-corrected chi connectivity index (χ2v) is 8.47. The van der Waals surface area contributed by atoms with E-state index in [2.05, 4.69) is 10.0 Å². The van der Waals surface area contributed by atoms with E-state index in [0.29, 0.717) is 19.6 Å². The Morgan fingerprint density at radius 2 is 2.00 bits per heavy atom. The van der Waals surface area contributed by atoms with Crippen LogP contribution in [0.5, 0.6) is 0 Å². The van der Waals surface area contributed by atoms with Crippen LogP contribution in [-0.4, -0.2) is 51.9 Å². The van der Waals surface area contributed by atoms with Crippen LogP contribution in [0.2, 0.25) is 0 Å². The minimum atomic E-state index is -3.79. The molecule has 0 aromatic heterocycles. The topological polar surface area (TPSA) is 78.5 Å². The highest BCUT2D eigenvalue weighted by Crippen LogP contribution is 2.19. The second-order valence-electron chi connectivity index (χ2n) is 6.71. The zero-order valence-electron chi connectivity index (χ0n) is 14.5. The minimum absolute atomic E-state index is 0. The van der Waals surface area contributed by atoms with Crippen molar-refractivity contribution in [2.75, 3.05) is 32.7 Å². The van der Waals surface area contributed by atoms with Crippen molar-refractivity contribution in [1.29, 1.82) is 0 Å². The van der Waals surface area contributed by atoms with Gasteiger partial charge in [-0.3, -0.25) is 4.79 Å². The van der Waals surface area contributed by atoms with Gasteiger partial charge >= 0.3 is 0 Å². The summed E-state index contributed by atoms with van der Waals surface area (Å²) in [6.07, 6.45) is 3.82. The van der Waals surface area contributed by atoms with Crippen molar-refractivity contribution in [1.82, 2.24) is 14.9 Å². The molecule has 1 aromatic rings. The molecule has 3 rings (SSSR count). The standard InChI is InChI=1S/C17H24FN3O3S.ClH/c18-16-10-14(5-6-15(16)17(22)21-8-1-2-9-21)25(23,24)20-12-13-4-3-7-19-11-13;/h5-6,10,13,19-20H,1-4,7-9,11-12H2;1H. The minimum Gasteiger partial charge on any atom is -0.339 e. The molecule has 0 radical (unpaired) electrons. The van der Waals surface area contributed by atoms with Gasteiger partial charge in [0.1, 0.15) is 5.82 Å². The van der Waals surface area contributed by atoms with Crippen molar-refractivity contribution in [3.8, 4) is 0 Å². The fraction of sp³-hybridized carbons (Fsp3) is 0.588. The van der Waals surface area contributed by atoms with Crippen molar-refractivity contribution >= 4 is 28.3 Å². The van der Waals surface area contributed by atoms with Gasteiger partial charge in [0, 0.05) is 19.6 Å². The molecule has 0 bridgehead atoms. The van der Waals surface area contributed by atoms with Gasteiger partial charge in [-0.2, -0.15) is 0 Å². The molecule has 1 unspecified atom stereocenters. The van der Waals surface area contributed by atoms with Gasteiger partial charge in [0.05, 0.1) is 10.5 Å². The highest BCUT2D eigenvalue weighted by Gasteiger charge is 2.24. The molecule has 0 saturated carbocycles. The molecule has 2 heterocycles. The average Bonchev–Trinajstić information content (AvgIpc) is 3.15. The summed E-state index contributed by atoms with van der Waals surface area (Å²) in [7, 11) is -3.79. The molecule has 9 heteroatoms. The van der Waals surface area contributed by atoms with Gasteiger partial charge in [-0.15, -0.1) is 12.4 Å². The normalized spacial score (nSPS) is 20.7. The summed E-state index contributed by atoms with van der Waals surface area (Å²) in [5, 5.41) is 3.23. The van der Waals surface area contributed by atoms with E-state index in [1.54, 1.807) is 4.90 Å². The molecule has 1 amide bonds. The number of benzene rings is 1. The lowest BCUT2D eigenvalue weighted by Gasteiger charge is -2.22. The third-order valence-corrected chi connectivity index (χ3v) is 6.26. The Labute approximate surface area is 160 Å². The predicted octanol–water partition coefficient (Wildman–Crippen LogP) is 1.76. The van der Waals surface area contributed by atoms with Crippen LogP contribution in [0.4, 0.5) is 4.39 Å². The van der Waals surface area contributed by atoms with Gasteiger partial charge in [0.2, 0.25) is 10.0 Å². The quantitative estimate of drug-likeness (QED) is 0.782. The molecule has 6 nitrogen and oxygen atoms in total. The van der Waals surface area contributed by atoms with Crippen LogP contribution < -0.4 is 10.0 Å². The number of halogens is 2. The maximum absolute atomic E-state index is 14.3. The molecule has 1 atom stereocenters. The second kappa shape index (κ2) is 9.12. The van der Waals surface area contributed by atoms with E-state index in [0.717, 1.165) is 44.8 Å². The van der Waals surface area contributed by atoms with Gasteiger partial charge in [-0.25, -0.2) is 17.5 Å². The van der Waals surface area contributed by atoms with E-state index in [-0.39, 0.29) is 34.7 Å². The van der Waals surface area contributed by atoms with Crippen molar-refractivity contribution in [3.63, 3.8) is 0 Å². The molecule has 0 spiro atoms. The first-order chi connectivity index (χ1) is 12.0. The monoisotopic (exact) mass is 405 g/mol. The van der Waals surface area contributed by atoms with Crippen LogP contribution in [0, 0.1) is 11.7 Å². The number of carbonyl (C=O) groups excluding carboxylic acids is 1. The molecule has 2 N–H and O–H groups in total. The number of hydrogen-bond acceptors (Lipinski definition) is 4.